The minimum Gasteiger partial charge on any atom is -0.454 e. The molecule has 0 unspecified atom stereocenters. The molecular formula is C17H17N3O5S. The summed E-state index contributed by atoms with van der Waals surface area (Å²) in [7, 11) is 0. The van der Waals surface area contributed by atoms with E-state index in [0.29, 0.717) is 29.7 Å². The van der Waals surface area contributed by atoms with E-state index < -0.39 is 11.9 Å². The van der Waals surface area contributed by atoms with Gasteiger partial charge in [0.1, 0.15) is 0 Å². The van der Waals surface area contributed by atoms with Crippen molar-refractivity contribution in [1.82, 2.24) is 10.3 Å². The Morgan fingerprint density at radius 1 is 1.35 bits per heavy atom. The number of amides is 1. The zero-order valence-electron chi connectivity index (χ0n) is 13.8. The summed E-state index contributed by atoms with van der Waals surface area (Å²) in [5.41, 5.74) is 1.01. The number of benzene rings is 1. The highest BCUT2D eigenvalue weighted by Gasteiger charge is 2.15. The number of anilines is 1. The number of esters is 1. The van der Waals surface area contributed by atoms with Crippen LogP contribution in [0.3, 0.4) is 0 Å². The molecule has 1 aromatic heterocycles. The molecule has 2 aromatic rings. The van der Waals surface area contributed by atoms with E-state index in [0.717, 1.165) is 5.56 Å². The molecule has 26 heavy (non-hydrogen) atoms. The van der Waals surface area contributed by atoms with Crippen molar-refractivity contribution in [2.75, 3.05) is 25.3 Å². The highest BCUT2D eigenvalue weighted by molar-refractivity contribution is 7.13. The van der Waals surface area contributed by atoms with Crippen LogP contribution in [-0.4, -0.2) is 36.8 Å². The SMILES string of the molecule is C=CCNc1nc(C(=O)OCC(=O)NCc2ccc3c(c2)OCO3)cs1. The van der Waals surface area contributed by atoms with E-state index in [-0.39, 0.29) is 19.1 Å². The van der Waals surface area contributed by atoms with Gasteiger partial charge in [-0.3, -0.25) is 4.79 Å². The van der Waals surface area contributed by atoms with Crippen LogP contribution in [-0.2, 0) is 16.1 Å². The number of fused-ring (bicyclic) bond motifs is 1. The van der Waals surface area contributed by atoms with Crippen molar-refractivity contribution >= 4 is 28.3 Å². The van der Waals surface area contributed by atoms with Gasteiger partial charge in [-0.1, -0.05) is 12.1 Å². The second-order valence-corrected chi connectivity index (χ2v) is 6.11. The van der Waals surface area contributed by atoms with E-state index in [2.05, 4.69) is 22.2 Å². The predicted octanol–water partition coefficient (Wildman–Crippen LogP) is 1.94. The van der Waals surface area contributed by atoms with E-state index in [1.165, 1.54) is 11.3 Å². The average Bonchev–Trinajstić information content (AvgIpc) is 3.31. The lowest BCUT2D eigenvalue weighted by Gasteiger charge is -2.06. The van der Waals surface area contributed by atoms with Crippen LogP contribution in [0.15, 0.2) is 36.2 Å². The third-order valence-corrected chi connectivity index (χ3v) is 4.17. The predicted molar refractivity (Wildman–Crippen MR) is 95.5 cm³/mol. The van der Waals surface area contributed by atoms with Crippen molar-refractivity contribution in [2.24, 2.45) is 0 Å². The quantitative estimate of drug-likeness (QED) is 0.537. The van der Waals surface area contributed by atoms with Crippen molar-refractivity contribution in [3.63, 3.8) is 0 Å². The number of nitrogens with one attached hydrogen (secondary N) is 2. The number of hydrogen-bond acceptors (Lipinski definition) is 8. The molecule has 0 atom stereocenters. The van der Waals surface area contributed by atoms with Crippen LogP contribution in [0.4, 0.5) is 5.13 Å². The van der Waals surface area contributed by atoms with Crippen molar-refractivity contribution in [3.8, 4) is 11.5 Å². The fourth-order valence-corrected chi connectivity index (χ4v) is 2.81. The summed E-state index contributed by atoms with van der Waals surface area (Å²) in [4.78, 5) is 27.8. The maximum absolute atomic E-state index is 11.9. The van der Waals surface area contributed by atoms with Crippen LogP contribution in [0.1, 0.15) is 16.1 Å². The molecule has 2 heterocycles. The van der Waals surface area contributed by atoms with Crippen LogP contribution in [0.5, 0.6) is 11.5 Å². The van der Waals surface area contributed by atoms with Gasteiger partial charge in [0.15, 0.2) is 28.9 Å². The molecule has 1 amide bonds. The number of thiazole rings is 1. The lowest BCUT2D eigenvalue weighted by Crippen LogP contribution is -2.28. The first-order chi connectivity index (χ1) is 12.7. The summed E-state index contributed by atoms with van der Waals surface area (Å²) in [5, 5.41) is 7.80. The molecular weight excluding hydrogens is 358 g/mol. The molecule has 0 aliphatic carbocycles. The Labute approximate surface area is 153 Å². The van der Waals surface area contributed by atoms with Crippen molar-refractivity contribution in [1.29, 1.82) is 0 Å². The summed E-state index contributed by atoms with van der Waals surface area (Å²) in [6.45, 7) is 4.24. The molecule has 0 bridgehead atoms. The first-order valence-electron chi connectivity index (χ1n) is 7.78. The van der Waals surface area contributed by atoms with Gasteiger partial charge in [-0.15, -0.1) is 17.9 Å². The largest absolute Gasteiger partial charge is 0.454 e. The van der Waals surface area contributed by atoms with Gasteiger partial charge in [-0.25, -0.2) is 9.78 Å². The highest BCUT2D eigenvalue weighted by atomic mass is 32.1. The van der Waals surface area contributed by atoms with Crippen molar-refractivity contribution in [3.05, 3.63) is 47.5 Å². The number of rotatable bonds is 8. The number of carbonyl (C=O) groups is 2. The third-order valence-electron chi connectivity index (χ3n) is 3.37. The Morgan fingerprint density at radius 2 is 2.19 bits per heavy atom. The highest BCUT2D eigenvalue weighted by Crippen LogP contribution is 2.32. The molecule has 0 radical (unpaired) electrons. The Bertz CT molecular complexity index is 820. The maximum atomic E-state index is 11.9. The van der Waals surface area contributed by atoms with Gasteiger partial charge in [0.25, 0.3) is 5.91 Å². The number of carbonyl (C=O) groups excluding carboxylic acids is 2. The minimum atomic E-state index is -0.647. The van der Waals surface area contributed by atoms with Gasteiger partial charge < -0.3 is 24.8 Å². The van der Waals surface area contributed by atoms with Gasteiger partial charge in [-0.05, 0) is 17.7 Å². The molecule has 0 fully saturated rings. The molecule has 8 nitrogen and oxygen atoms in total. The first-order valence-corrected chi connectivity index (χ1v) is 8.66. The lowest BCUT2D eigenvalue weighted by atomic mass is 10.2. The van der Waals surface area contributed by atoms with Crippen molar-refractivity contribution < 1.29 is 23.8 Å². The second kappa shape index (κ2) is 8.34. The lowest BCUT2D eigenvalue weighted by molar-refractivity contribution is -0.124. The molecule has 0 spiro atoms. The minimum absolute atomic E-state index is 0.158. The van der Waals surface area contributed by atoms with E-state index in [9.17, 15) is 9.59 Å². The molecule has 0 saturated carbocycles. The monoisotopic (exact) mass is 375 g/mol. The Balaban J connectivity index is 1.42. The second-order valence-electron chi connectivity index (χ2n) is 5.25. The Morgan fingerprint density at radius 3 is 3.04 bits per heavy atom. The van der Waals surface area contributed by atoms with Crippen LogP contribution in [0, 0.1) is 0 Å². The first kappa shape index (κ1) is 17.7. The van der Waals surface area contributed by atoms with E-state index >= 15 is 0 Å². The zero-order chi connectivity index (χ0) is 18.4. The van der Waals surface area contributed by atoms with Crippen LogP contribution >= 0.6 is 11.3 Å². The maximum Gasteiger partial charge on any atom is 0.358 e. The van der Waals surface area contributed by atoms with Crippen molar-refractivity contribution in [2.45, 2.75) is 6.54 Å². The summed E-state index contributed by atoms with van der Waals surface area (Å²) in [6, 6.07) is 5.40. The van der Waals surface area contributed by atoms with Gasteiger partial charge in [-0.2, -0.15) is 0 Å². The van der Waals surface area contributed by atoms with Crippen LogP contribution in [0.2, 0.25) is 0 Å². The fraction of sp³-hybridized carbons (Fsp3) is 0.235. The van der Waals surface area contributed by atoms with E-state index in [4.69, 9.17) is 14.2 Å². The summed E-state index contributed by atoms with van der Waals surface area (Å²) < 4.78 is 15.5. The fourth-order valence-electron chi connectivity index (χ4n) is 2.12. The third kappa shape index (κ3) is 4.51. The molecule has 136 valence electrons. The number of nitrogens with zero attached hydrogens (tertiary/aromatic N) is 1. The number of hydrogen-bond donors (Lipinski definition) is 2. The van der Waals surface area contributed by atoms with Crippen LogP contribution < -0.4 is 20.1 Å². The Hall–Kier alpha value is -3.07. The summed E-state index contributed by atoms with van der Waals surface area (Å²) in [5.74, 6) is 0.272. The molecule has 2 N–H and O–H groups in total. The standard InChI is InChI=1S/C17H17N3O5S/c1-2-5-18-17-20-12(9-26-17)16(22)23-8-15(21)19-7-11-3-4-13-14(6-11)25-10-24-13/h2-4,6,9H,1,5,7-8,10H2,(H,18,20)(H,19,21). The summed E-state index contributed by atoms with van der Waals surface area (Å²) >= 11 is 1.28. The average molecular weight is 375 g/mol. The van der Waals surface area contributed by atoms with Gasteiger partial charge in [0.2, 0.25) is 6.79 Å². The molecule has 1 aromatic carbocycles. The Kier molecular flexibility index (Phi) is 5.69. The van der Waals surface area contributed by atoms with Gasteiger partial charge in [0, 0.05) is 18.5 Å². The van der Waals surface area contributed by atoms with Gasteiger partial charge >= 0.3 is 5.97 Å². The smallest absolute Gasteiger partial charge is 0.358 e. The summed E-state index contributed by atoms with van der Waals surface area (Å²) in [6.07, 6.45) is 1.68. The number of ether oxygens (including phenoxy) is 3. The molecule has 3 rings (SSSR count). The normalized spacial score (nSPS) is 11.7. The van der Waals surface area contributed by atoms with E-state index in [1.54, 1.807) is 23.6 Å². The van der Waals surface area contributed by atoms with Gasteiger partial charge in [0.05, 0.1) is 0 Å². The van der Waals surface area contributed by atoms with Crippen LogP contribution in [0.25, 0.3) is 0 Å². The number of aromatic nitrogens is 1. The zero-order valence-corrected chi connectivity index (χ0v) is 14.6. The topological polar surface area (TPSA) is 98.8 Å². The molecule has 1 aliphatic rings. The molecule has 0 saturated heterocycles. The molecule has 1 aliphatic heterocycles. The van der Waals surface area contributed by atoms with E-state index in [1.807, 2.05) is 6.07 Å². The molecule has 9 heteroatoms.